The Morgan fingerprint density at radius 2 is 1.96 bits per heavy atom. The molecule has 0 aromatic heterocycles. The number of nitrogens with one attached hydrogen (secondary N) is 2. The summed E-state index contributed by atoms with van der Waals surface area (Å²) < 4.78 is 10.7. The maximum absolute atomic E-state index is 12.8. The maximum Gasteiger partial charge on any atom is 0.321 e. The third-order valence-electron chi connectivity index (χ3n) is 5.40. The van der Waals surface area contributed by atoms with Crippen LogP contribution in [0.1, 0.15) is 18.9 Å². The zero-order valence-corrected chi connectivity index (χ0v) is 16.0. The molecule has 0 aliphatic carbocycles. The van der Waals surface area contributed by atoms with E-state index in [1.807, 2.05) is 37.3 Å². The van der Waals surface area contributed by atoms with E-state index in [4.69, 9.17) is 9.47 Å². The molecule has 2 aromatic rings. The molecule has 28 heavy (non-hydrogen) atoms. The Morgan fingerprint density at radius 3 is 2.68 bits per heavy atom. The summed E-state index contributed by atoms with van der Waals surface area (Å²) in [5.41, 5.74) is 1.65. The van der Waals surface area contributed by atoms with E-state index in [1.165, 1.54) is 0 Å². The number of hydrogen-bond acceptors (Lipinski definition) is 4. The van der Waals surface area contributed by atoms with Gasteiger partial charge in [0.15, 0.2) is 0 Å². The average Bonchev–Trinajstić information content (AvgIpc) is 3.27. The normalized spacial score (nSPS) is 20.1. The van der Waals surface area contributed by atoms with Gasteiger partial charge in [0.1, 0.15) is 11.5 Å². The predicted octanol–water partition coefficient (Wildman–Crippen LogP) is 3.22. The molecule has 2 N–H and O–H groups in total. The van der Waals surface area contributed by atoms with Gasteiger partial charge in [-0.2, -0.15) is 0 Å². The molecule has 7 heteroatoms. The zero-order valence-electron chi connectivity index (χ0n) is 16.0. The van der Waals surface area contributed by atoms with Crippen LogP contribution < -0.4 is 20.1 Å². The molecule has 1 atom stereocenters. The number of hydrogen-bond donors (Lipinski definition) is 2. The highest BCUT2D eigenvalue weighted by Crippen LogP contribution is 2.45. The van der Waals surface area contributed by atoms with Crippen LogP contribution >= 0.6 is 0 Å². The average molecular weight is 381 g/mol. The summed E-state index contributed by atoms with van der Waals surface area (Å²) in [6.45, 7) is 3.36. The first-order valence-electron chi connectivity index (χ1n) is 9.34. The van der Waals surface area contributed by atoms with Crippen LogP contribution in [-0.4, -0.2) is 43.6 Å². The largest absolute Gasteiger partial charge is 0.497 e. The van der Waals surface area contributed by atoms with Crippen molar-refractivity contribution in [3.8, 4) is 11.5 Å². The first kappa shape index (κ1) is 18.2. The highest BCUT2D eigenvalue weighted by Gasteiger charge is 2.52. The van der Waals surface area contributed by atoms with Gasteiger partial charge in [-0.3, -0.25) is 4.79 Å². The van der Waals surface area contributed by atoms with Crippen molar-refractivity contribution in [1.82, 2.24) is 4.90 Å². The van der Waals surface area contributed by atoms with E-state index in [0.717, 1.165) is 17.0 Å². The monoisotopic (exact) mass is 381 g/mol. The molecular weight excluding hydrogens is 358 g/mol. The van der Waals surface area contributed by atoms with E-state index >= 15 is 0 Å². The minimum Gasteiger partial charge on any atom is -0.497 e. The lowest BCUT2D eigenvalue weighted by Gasteiger charge is -2.23. The Bertz CT molecular complexity index is 912. The van der Waals surface area contributed by atoms with E-state index in [2.05, 4.69) is 10.6 Å². The van der Waals surface area contributed by atoms with Crippen molar-refractivity contribution in [2.24, 2.45) is 0 Å². The lowest BCUT2D eigenvalue weighted by molar-refractivity contribution is -0.120. The number of ether oxygens (including phenoxy) is 2. The molecule has 1 saturated heterocycles. The van der Waals surface area contributed by atoms with E-state index in [0.29, 0.717) is 37.6 Å². The van der Waals surface area contributed by atoms with Crippen molar-refractivity contribution in [1.29, 1.82) is 0 Å². The summed E-state index contributed by atoms with van der Waals surface area (Å²) in [5.74, 6) is 1.40. The quantitative estimate of drug-likeness (QED) is 0.852. The summed E-state index contributed by atoms with van der Waals surface area (Å²) in [7, 11) is 1.60. The second-order valence-corrected chi connectivity index (χ2v) is 7.01. The molecule has 4 rings (SSSR count). The second kappa shape index (κ2) is 7.07. The number of carbonyl (C=O) groups excluding carboxylic acids is 2. The Balaban J connectivity index is 1.49. The van der Waals surface area contributed by atoms with Gasteiger partial charge in [-0.05, 0) is 61.4 Å². The lowest BCUT2D eigenvalue weighted by Crippen LogP contribution is -2.40. The molecule has 0 unspecified atom stereocenters. The van der Waals surface area contributed by atoms with Crippen molar-refractivity contribution in [2.45, 2.75) is 18.8 Å². The smallest absolute Gasteiger partial charge is 0.321 e. The minimum atomic E-state index is -0.722. The number of rotatable bonds is 4. The van der Waals surface area contributed by atoms with Crippen molar-refractivity contribution in [3.05, 3.63) is 48.0 Å². The van der Waals surface area contributed by atoms with Crippen molar-refractivity contribution >= 4 is 23.3 Å². The highest BCUT2D eigenvalue weighted by atomic mass is 16.5. The molecule has 1 fully saturated rings. The summed E-state index contributed by atoms with van der Waals surface area (Å²) in [5, 5.41) is 5.84. The van der Waals surface area contributed by atoms with Crippen LogP contribution in [-0.2, 0) is 10.2 Å². The number of anilines is 2. The van der Waals surface area contributed by atoms with Gasteiger partial charge in [0.05, 0.1) is 19.1 Å². The van der Waals surface area contributed by atoms with Crippen molar-refractivity contribution < 1.29 is 19.1 Å². The molecular formula is C21H23N3O4. The molecule has 146 valence electrons. The summed E-state index contributed by atoms with van der Waals surface area (Å²) >= 11 is 0. The predicted molar refractivity (Wildman–Crippen MR) is 106 cm³/mol. The number of nitrogens with zero attached hydrogens (tertiary/aromatic N) is 1. The van der Waals surface area contributed by atoms with Gasteiger partial charge in [0.2, 0.25) is 5.91 Å². The molecule has 2 aliphatic rings. The topological polar surface area (TPSA) is 79.9 Å². The highest BCUT2D eigenvalue weighted by molar-refractivity contribution is 6.07. The second-order valence-electron chi connectivity index (χ2n) is 7.01. The fourth-order valence-electron chi connectivity index (χ4n) is 3.91. The van der Waals surface area contributed by atoms with Gasteiger partial charge in [0, 0.05) is 24.5 Å². The van der Waals surface area contributed by atoms with Crippen LogP contribution in [0.25, 0.3) is 0 Å². The molecule has 2 aliphatic heterocycles. The molecule has 0 bridgehead atoms. The van der Waals surface area contributed by atoms with Crippen LogP contribution in [0, 0.1) is 0 Å². The number of methoxy groups -OCH3 is 1. The molecule has 1 spiro atoms. The first-order chi connectivity index (χ1) is 13.6. The van der Waals surface area contributed by atoms with Crippen LogP contribution in [0.15, 0.2) is 42.5 Å². The van der Waals surface area contributed by atoms with E-state index < -0.39 is 5.41 Å². The maximum atomic E-state index is 12.8. The number of carbonyl (C=O) groups is 2. The number of urea groups is 1. The van der Waals surface area contributed by atoms with Gasteiger partial charge >= 0.3 is 6.03 Å². The summed E-state index contributed by atoms with van der Waals surface area (Å²) in [4.78, 5) is 27.2. The fourth-order valence-corrected chi connectivity index (χ4v) is 3.91. The third kappa shape index (κ3) is 3.02. The lowest BCUT2D eigenvalue weighted by atomic mass is 9.81. The van der Waals surface area contributed by atoms with Crippen LogP contribution in [0.2, 0.25) is 0 Å². The van der Waals surface area contributed by atoms with E-state index in [-0.39, 0.29) is 11.9 Å². The van der Waals surface area contributed by atoms with E-state index in [1.54, 1.807) is 24.1 Å². The molecule has 0 radical (unpaired) electrons. The Labute approximate surface area is 163 Å². The van der Waals surface area contributed by atoms with Crippen molar-refractivity contribution in [2.75, 3.05) is 37.4 Å². The van der Waals surface area contributed by atoms with Gasteiger partial charge in [0.25, 0.3) is 0 Å². The number of likely N-dealkylation sites (tertiary alicyclic amines) is 1. The minimum absolute atomic E-state index is 0.0629. The number of fused-ring (bicyclic) bond motifs is 2. The first-order valence-corrected chi connectivity index (χ1v) is 9.34. The SMILES string of the molecule is CCOc1ccc(NC(=O)N2CC[C@]3(C2)C(=O)Nc2ccc(OC)cc23)cc1. The van der Waals surface area contributed by atoms with E-state index in [9.17, 15) is 9.59 Å². The summed E-state index contributed by atoms with van der Waals surface area (Å²) in [6, 6.07) is 12.6. The molecule has 3 amide bonds. The van der Waals surface area contributed by atoms with Crippen molar-refractivity contribution in [3.63, 3.8) is 0 Å². The fraction of sp³-hybridized carbons (Fsp3) is 0.333. The van der Waals surface area contributed by atoms with Gasteiger partial charge < -0.3 is 25.0 Å². The number of amides is 3. The third-order valence-corrected chi connectivity index (χ3v) is 5.40. The van der Waals surface area contributed by atoms with Crippen LogP contribution in [0.5, 0.6) is 11.5 Å². The van der Waals surface area contributed by atoms with Crippen LogP contribution in [0.4, 0.5) is 16.2 Å². The van der Waals surface area contributed by atoms with Gasteiger partial charge in [-0.15, -0.1) is 0 Å². The zero-order chi connectivity index (χ0) is 19.7. The molecule has 2 aromatic carbocycles. The molecule has 2 heterocycles. The van der Waals surface area contributed by atoms with Gasteiger partial charge in [-0.1, -0.05) is 0 Å². The molecule has 0 saturated carbocycles. The standard InChI is InChI=1S/C21H23N3O4/c1-3-28-15-6-4-14(5-7-15)22-20(26)24-11-10-21(13-24)17-12-16(27-2)8-9-18(17)23-19(21)25/h4-9,12H,3,10-11,13H2,1-2H3,(H,22,26)(H,23,25)/t21-/m1/s1. The summed E-state index contributed by atoms with van der Waals surface area (Å²) in [6.07, 6.45) is 0.579. The molecule has 7 nitrogen and oxygen atoms in total. The Morgan fingerprint density at radius 1 is 1.21 bits per heavy atom. The Hall–Kier alpha value is -3.22. The Kier molecular flexibility index (Phi) is 4.58. The van der Waals surface area contributed by atoms with Crippen LogP contribution in [0.3, 0.4) is 0 Å². The number of benzene rings is 2. The van der Waals surface area contributed by atoms with Gasteiger partial charge in [-0.25, -0.2) is 4.79 Å².